The number of hydrogen-bond donors (Lipinski definition) is 3. The van der Waals surface area contributed by atoms with E-state index >= 15 is 0 Å². The summed E-state index contributed by atoms with van der Waals surface area (Å²) in [6.07, 6.45) is 4.08. The van der Waals surface area contributed by atoms with E-state index in [-0.39, 0.29) is 18.5 Å². The number of hydrogen-bond acceptors (Lipinski definition) is 4. The first-order chi connectivity index (χ1) is 7.44. The van der Waals surface area contributed by atoms with E-state index in [1.54, 1.807) is 0 Å². The number of nitrogens with one attached hydrogen (secondary N) is 1. The summed E-state index contributed by atoms with van der Waals surface area (Å²) in [5, 5.41) is 8.45. The topological polar surface area (TPSA) is 109 Å². The monoisotopic (exact) mass is 250 g/mol. The molecule has 94 valence electrons. The molecule has 0 heterocycles. The van der Waals surface area contributed by atoms with Gasteiger partial charge in [-0.25, -0.2) is 13.1 Å². The summed E-state index contributed by atoms with van der Waals surface area (Å²) in [4.78, 5) is 10.4. The van der Waals surface area contributed by atoms with Crippen LogP contribution >= 0.6 is 0 Å². The fraction of sp³-hybridized carbons (Fsp3) is 0.889. The number of nitrogens with two attached hydrogens (primary N) is 1. The molecule has 1 atom stereocenters. The van der Waals surface area contributed by atoms with Crippen molar-refractivity contribution in [2.24, 2.45) is 11.7 Å². The lowest BCUT2D eigenvalue weighted by Gasteiger charge is -2.22. The molecule has 6 nitrogen and oxygen atoms in total. The molecule has 1 saturated carbocycles. The number of carboxylic acids is 1. The largest absolute Gasteiger partial charge is 0.480 e. The minimum Gasteiger partial charge on any atom is -0.480 e. The van der Waals surface area contributed by atoms with Gasteiger partial charge in [-0.2, -0.15) is 0 Å². The van der Waals surface area contributed by atoms with Crippen molar-refractivity contribution < 1.29 is 18.3 Å². The smallest absolute Gasteiger partial charge is 0.320 e. The SMILES string of the molecule is NCC(NS(=O)(=O)CC(=O)O)C1CCCC1. The molecule has 0 aromatic carbocycles. The van der Waals surface area contributed by atoms with Crippen molar-refractivity contribution in [3.63, 3.8) is 0 Å². The maximum Gasteiger partial charge on any atom is 0.320 e. The molecule has 0 aromatic heterocycles. The number of rotatable bonds is 6. The Kier molecular flexibility index (Phi) is 4.69. The van der Waals surface area contributed by atoms with Gasteiger partial charge < -0.3 is 10.8 Å². The zero-order valence-electron chi connectivity index (χ0n) is 9.05. The lowest BCUT2D eigenvalue weighted by Crippen LogP contribution is -2.46. The molecule has 1 fully saturated rings. The van der Waals surface area contributed by atoms with E-state index in [0.717, 1.165) is 25.7 Å². The molecule has 7 heteroatoms. The van der Waals surface area contributed by atoms with Crippen molar-refractivity contribution in [1.29, 1.82) is 0 Å². The number of sulfonamides is 1. The van der Waals surface area contributed by atoms with Crippen molar-refractivity contribution in [3.8, 4) is 0 Å². The van der Waals surface area contributed by atoms with E-state index in [4.69, 9.17) is 10.8 Å². The van der Waals surface area contributed by atoms with Crippen LogP contribution in [0.4, 0.5) is 0 Å². The number of aliphatic carboxylic acids is 1. The molecule has 1 aliphatic carbocycles. The molecule has 1 unspecified atom stereocenters. The molecule has 16 heavy (non-hydrogen) atoms. The lowest BCUT2D eigenvalue weighted by molar-refractivity contribution is -0.134. The Hall–Kier alpha value is -0.660. The van der Waals surface area contributed by atoms with Crippen LogP contribution in [0.3, 0.4) is 0 Å². The molecule has 4 N–H and O–H groups in total. The van der Waals surface area contributed by atoms with Crippen molar-refractivity contribution in [2.45, 2.75) is 31.7 Å². The molecular formula is C9H18N2O4S. The van der Waals surface area contributed by atoms with Crippen LogP contribution in [-0.2, 0) is 14.8 Å². The van der Waals surface area contributed by atoms with Gasteiger partial charge in [0.05, 0.1) is 0 Å². The molecule has 0 radical (unpaired) electrons. The van der Waals surface area contributed by atoms with Gasteiger partial charge in [0.2, 0.25) is 10.0 Å². The highest BCUT2D eigenvalue weighted by molar-refractivity contribution is 7.90. The van der Waals surface area contributed by atoms with Gasteiger partial charge in [-0.05, 0) is 18.8 Å². The van der Waals surface area contributed by atoms with Crippen molar-refractivity contribution in [1.82, 2.24) is 4.72 Å². The van der Waals surface area contributed by atoms with Crippen LogP contribution in [0.1, 0.15) is 25.7 Å². The molecule has 0 amide bonds. The highest BCUT2D eigenvalue weighted by Gasteiger charge is 2.28. The summed E-state index contributed by atoms with van der Waals surface area (Å²) < 4.78 is 25.2. The summed E-state index contributed by atoms with van der Waals surface area (Å²) in [6.45, 7) is 0.212. The van der Waals surface area contributed by atoms with E-state index in [9.17, 15) is 13.2 Å². The van der Waals surface area contributed by atoms with Crippen LogP contribution in [0.5, 0.6) is 0 Å². The Morgan fingerprint density at radius 3 is 2.44 bits per heavy atom. The molecule has 0 saturated heterocycles. The predicted octanol–water partition coefficient (Wildman–Crippen LogP) is -0.492. The second-order valence-corrected chi connectivity index (χ2v) is 5.91. The molecule has 0 bridgehead atoms. The number of carbonyl (C=O) groups is 1. The van der Waals surface area contributed by atoms with Crippen LogP contribution in [-0.4, -0.2) is 37.8 Å². The zero-order chi connectivity index (χ0) is 12.2. The minimum absolute atomic E-state index is 0.212. The van der Waals surface area contributed by atoms with Gasteiger partial charge in [-0.15, -0.1) is 0 Å². The summed E-state index contributed by atoms with van der Waals surface area (Å²) in [5.41, 5.74) is 5.52. The average Bonchev–Trinajstić information content (AvgIpc) is 2.64. The minimum atomic E-state index is -3.76. The summed E-state index contributed by atoms with van der Waals surface area (Å²) in [5.74, 6) is -2.00. The summed E-state index contributed by atoms with van der Waals surface area (Å²) in [6, 6.07) is -0.327. The molecule has 1 aliphatic rings. The molecule has 0 aliphatic heterocycles. The Balaban J connectivity index is 2.58. The fourth-order valence-corrected chi connectivity index (χ4v) is 3.29. The molecule has 0 spiro atoms. The van der Waals surface area contributed by atoms with Gasteiger partial charge in [0.25, 0.3) is 0 Å². The van der Waals surface area contributed by atoms with Crippen LogP contribution < -0.4 is 10.5 Å². The Bertz CT molecular complexity index is 335. The third-order valence-electron chi connectivity index (χ3n) is 2.87. The van der Waals surface area contributed by atoms with Gasteiger partial charge >= 0.3 is 5.97 Å². The Labute approximate surface area is 95.3 Å². The zero-order valence-corrected chi connectivity index (χ0v) is 9.87. The second-order valence-electron chi connectivity index (χ2n) is 4.16. The van der Waals surface area contributed by atoms with Crippen LogP contribution in [0, 0.1) is 5.92 Å². The summed E-state index contributed by atoms with van der Waals surface area (Å²) >= 11 is 0. The Morgan fingerprint density at radius 1 is 1.44 bits per heavy atom. The predicted molar refractivity (Wildman–Crippen MR) is 59.4 cm³/mol. The molecular weight excluding hydrogens is 232 g/mol. The lowest BCUT2D eigenvalue weighted by atomic mass is 9.99. The first-order valence-corrected chi connectivity index (χ1v) is 7.01. The van der Waals surface area contributed by atoms with Gasteiger partial charge in [0.1, 0.15) is 0 Å². The van der Waals surface area contributed by atoms with Crippen molar-refractivity contribution in [3.05, 3.63) is 0 Å². The van der Waals surface area contributed by atoms with E-state index in [0.29, 0.717) is 0 Å². The average molecular weight is 250 g/mol. The summed E-state index contributed by atoms with van der Waals surface area (Å²) in [7, 11) is -3.76. The number of carboxylic acid groups (broad SMARTS) is 1. The third-order valence-corrected chi connectivity index (χ3v) is 4.16. The van der Waals surface area contributed by atoms with Crippen LogP contribution in [0.2, 0.25) is 0 Å². The van der Waals surface area contributed by atoms with E-state index < -0.39 is 21.7 Å². The molecule has 1 rings (SSSR count). The van der Waals surface area contributed by atoms with Gasteiger partial charge in [0.15, 0.2) is 5.75 Å². The van der Waals surface area contributed by atoms with Gasteiger partial charge in [-0.3, -0.25) is 4.79 Å². The van der Waals surface area contributed by atoms with Crippen molar-refractivity contribution in [2.75, 3.05) is 12.3 Å². The molecule has 0 aromatic rings. The fourth-order valence-electron chi connectivity index (χ4n) is 2.13. The van der Waals surface area contributed by atoms with E-state index in [2.05, 4.69) is 4.72 Å². The quantitative estimate of drug-likeness (QED) is 0.589. The normalized spacial score (nSPS) is 19.8. The first kappa shape index (κ1) is 13.4. The standard InChI is InChI=1S/C9H18N2O4S/c10-5-8(7-3-1-2-4-7)11-16(14,15)6-9(12)13/h7-8,11H,1-6,10H2,(H,12,13). The van der Waals surface area contributed by atoms with Gasteiger partial charge in [0, 0.05) is 12.6 Å². The van der Waals surface area contributed by atoms with E-state index in [1.807, 2.05) is 0 Å². The van der Waals surface area contributed by atoms with Gasteiger partial charge in [-0.1, -0.05) is 12.8 Å². The van der Waals surface area contributed by atoms with E-state index in [1.165, 1.54) is 0 Å². The third kappa shape index (κ3) is 4.07. The van der Waals surface area contributed by atoms with Crippen LogP contribution in [0.15, 0.2) is 0 Å². The highest BCUT2D eigenvalue weighted by atomic mass is 32.2. The maximum atomic E-state index is 11.4. The second kappa shape index (κ2) is 5.60. The highest BCUT2D eigenvalue weighted by Crippen LogP contribution is 2.27. The maximum absolute atomic E-state index is 11.4. The van der Waals surface area contributed by atoms with Crippen molar-refractivity contribution >= 4 is 16.0 Å². The van der Waals surface area contributed by atoms with Crippen LogP contribution in [0.25, 0.3) is 0 Å². The first-order valence-electron chi connectivity index (χ1n) is 5.36. The Morgan fingerprint density at radius 2 is 2.00 bits per heavy atom.